The van der Waals surface area contributed by atoms with Gasteiger partial charge in [-0.2, -0.15) is 0 Å². The van der Waals surface area contributed by atoms with Crippen molar-refractivity contribution in [2.75, 3.05) is 0 Å². The molecular weight excluding hydrogens is 156 g/mol. The van der Waals surface area contributed by atoms with Crippen molar-refractivity contribution in [2.45, 2.75) is 60.8 Å². The van der Waals surface area contributed by atoms with Gasteiger partial charge in [0.05, 0.1) is 0 Å². The van der Waals surface area contributed by atoms with Crippen molar-refractivity contribution in [2.24, 2.45) is 0 Å². The van der Waals surface area contributed by atoms with Crippen LogP contribution in [0.3, 0.4) is 0 Å². The summed E-state index contributed by atoms with van der Waals surface area (Å²) in [4.78, 5) is 0. The van der Waals surface area contributed by atoms with Gasteiger partial charge in [0.25, 0.3) is 0 Å². The van der Waals surface area contributed by atoms with Crippen LogP contribution in [0.4, 0.5) is 0 Å². The molecule has 0 saturated carbocycles. The zero-order valence-corrected chi connectivity index (χ0v) is 10.3. The van der Waals surface area contributed by atoms with Gasteiger partial charge >= 0.3 is 0 Å². The molecule has 0 aromatic heterocycles. The monoisotopic (exact) mass is 182 g/mol. The van der Waals surface area contributed by atoms with Crippen LogP contribution in [0.25, 0.3) is 0 Å². The van der Waals surface area contributed by atoms with Gasteiger partial charge in [0, 0.05) is 0 Å². The number of allylic oxidation sites excluding steroid dienone is 4. The Morgan fingerprint density at radius 1 is 0.769 bits per heavy atom. The highest BCUT2D eigenvalue weighted by molar-refractivity contribution is 5.12. The third-order valence-corrected chi connectivity index (χ3v) is 1.85. The van der Waals surface area contributed by atoms with Crippen LogP contribution in [0.15, 0.2) is 23.3 Å². The zero-order chi connectivity index (χ0) is 10.7. The quantitative estimate of drug-likeness (QED) is 0.456. The molecule has 0 aromatic carbocycles. The molecule has 0 amide bonds. The maximum Gasteiger partial charge on any atom is -0.0164 e. The molecule has 0 N–H and O–H groups in total. The highest BCUT2D eigenvalue weighted by atomic mass is 14.0. The van der Waals surface area contributed by atoms with Gasteiger partial charge in [0.1, 0.15) is 0 Å². The van der Waals surface area contributed by atoms with Gasteiger partial charge in [0.2, 0.25) is 0 Å². The van der Waals surface area contributed by atoms with Crippen molar-refractivity contribution >= 4 is 0 Å². The van der Waals surface area contributed by atoms with Crippen LogP contribution in [0.2, 0.25) is 0 Å². The second kappa shape index (κ2) is 11.5. The van der Waals surface area contributed by atoms with E-state index in [4.69, 9.17) is 0 Å². The topological polar surface area (TPSA) is 0 Å². The van der Waals surface area contributed by atoms with Crippen LogP contribution in [-0.4, -0.2) is 0 Å². The fraction of sp³-hybridized carbons (Fsp3) is 0.692. The molecule has 0 heteroatoms. The fourth-order valence-corrected chi connectivity index (χ4v) is 1.06. The Morgan fingerprint density at radius 2 is 1.08 bits per heavy atom. The average Bonchev–Trinajstić information content (AvgIpc) is 2.38. The molecule has 0 fully saturated rings. The van der Waals surface area contributed by atoms with Gasteiger partial charge < -0.3 is 0 Å². The summed E-state index contributed by atoms with van der Waals surface area (Å²) < 4.78 is 0. The molecule has 0 radical (unpaired) electrons. The van der Waals surface area contributed by atoms with E-state index in [1.165, 1.54) is 12.8 Å². The van der Waals surface area contributed by atoms with Crippen LogP contribution in [0, 0.1) is 0 Å². The molecule has 1 rings (SSSR count). The summed E-state index contributed by atoms with van der Waals surface area (Å²) in [6.45, 7) is 12.4. The standard InChI is InChI=1S/C9H14.2C2H6/c1-8-4-3-5-9(2)7-6-8;2*1-2/h4-5H,3,6-7H2,1-2H3;2*1-2H3. The Labute approximate surface area is 84.7 Å². The van der Waals surface area contributed by atoms with Crippen LogP contribution in [0.1, 0.15) is 60.8 Å². The predicted molar refractivity (Wildman–Crippen MR) is 64.1 cm³/mol. The third kappa shape index (κ3) is 9.39. The van der Waals surface area contributed by atoms with Crippen LogP contribution in [-0.2, 0) is 0 Å². The lowest BCUT2D eigenvalue weighted by atomic mass is 10.1. The molecule has 0 atom stereocenters. The summed E-state index contributed by atoms with van der Waals surface area (Å²) in [7, 11) is 0. The summed E-state index contributed by atoms with van der Waals surface area (Å²) >= 11 is 0. The predicted octanol–water partition coefficient (Wildman–Crippen LogP) is 5.12. The minimum atomic E-state index is 1.15. The first-order chi connectivity index (χ1) is 6.29. The molecule has 0 unspecified atom stereocenters. The molecule has 0 nitrogen and oxygen atoms in total. The summed E-state index contributed by atoms with van der Waals surface area (Å²) in [5, 5.41) is 0. The van der Waals surface area contributed by atoms with Crippen molar-refractivity contribution in [3.8, 4) is 0 Å². The molecule has 0 aliphatic heterocycles. The van der Waals surface area contributed by atoms with E-state index in [1.54, 1.807) is 11.1 Å². The van der Waals surface area contributed by atoms with Crippen molar-refractivity contribution in [1.29, 1.82) is 0 Å². The highest BCUT2D eigenvalue weighted by Crippen LogP contribution is 2.15. The number of hydrogen-bond donors (Lipinski definition) is 0. The van der Waals surface area contributed by atoms with E-state index in [9.17, 15) is 0 Å². The first kappa shape index (κ1) is 15.0. The van der Waals surface area contributed by atoms with Crippen LogP contribution >= 0.6 is 0 Å². The number of hydrogen-bond acceptors (Lipinski definition) is 0. The normalized spacial score (nSPS) is 14.9. The van der Waals surface area contributed by atoms with E-state index in [0.29, 0.717) is 0 Å². The Hall–Kier alpha value is -0.520. The summed E-state index contributed by atoms with van der Waals surface area (Å²) in [6, 6.07) is 0. The molecule has 0 saturated heterocycles. The molecule has 1 aliphatic carbocycles. The lowest BCUT2D eigenvalue weighted by molar-refractivity contribution is 0.933. The Bertz CT molecular complexity index is 131. The Kier molecular flexibility index (Phi) is 13.2. The van der Waals surface area contributed by atoms with Gasteiger partial charge in [-0.1, -0.05) is 51.0 Å². The number of rotatable bonds is 0. The van der Waals surface area contributed by atoms with Crippen LogP contribution in [0.5, 0.6) is 0 Å². The van der Waals surface area contributed by atoms with Crippen LogP contribution < -0.4 is 0 Å². The second-order valence-corrected chi connectivity index (χ2v) is 2.84. The lowest BCUT2D eigenvalue weighted by Crippen LogP contribution is -1.75. The average molecular weight is 182 g/mol. The fourth-order valence-electron chi connectivity index (χ4n) is 1.06. The highest BCUT2D eigenvalue weighted by Gasteiger charge is 1.95. The van der Waals surface area contributed by atoms with Gasteiger partial charge in [-0.05, 0) is 33.1 Å². The molecule has 0 heterocycles. The summed E-state index contributed by atoms with van der Waals surface area (Å²) in [5.41, 5.74) is 3.09. The van der Waals surface area contributed by atoms with E-state index in [1.807, 2.05) is 27.7 Å². The van der Waals surface area contributed by atoms with Crippen molar-refractivity contribution in [3.63, 3.8) is 0 Å². The molecule has 0 aromatic rings. The summed E-state index contributed by atoms with van der Waals surface area (Å²) in [6.07, 6.45) is 8.31. The molecule has 0 bridgehead atoms. The first-order valence-electron chi connectivity index (χ1n) is 5.60. The largest absolute Gasteiger partial charge is 0.0818 e. The van der Waals surface area contributed by atoms with Gasteiger partial charge in [-0.15, -0.1) is 0 Å². The molecule has 13 heavy (non-hydrogen) atoms. The maximum absolute atomic E-state index is 2.32. The second-order valence-electron chi connectivity index (χ2n) is 2.84. The van der Waals surface area contributed by atoms with E-state index >= 15 is 0 Å². The van der Waals surface area contributed by atoms with E-state index < -0.39 is 0 Å². The molecular formula is C13H26. The van der Waals surface area contributed by atoms with E-state index in [-0.39, 0.29) is 0 Å². The van der Waals surface area contributed by atoms with E-state index in [0.717, 1.165) is 6.42 Å². The van der Waals surface area contributed by atoms with Crippen molar-refractivity contribution in [3.05, 3.63) is 23.3 Å². The Balaban J connectivity index is 0. The van der Waals surface area contributed by atoms with Gasteiger partial charge in [0.15, 0.2) is 0 Å². The lowest BCUT2D eigenvalue weighted by Gasteiger charge is -1.95. The van der Waals surface area contributed by atoms with Crippen molar-refractivity contribution < 1.29 is 0 Å². The molecule has 1 aliphatic rings. The molecule has 78 valence electrons. The van der Waals surface area contributed by atoms with Gasteiger partial charge in [-0.25, -0.2) is 0 Å². The minimum Gasteiger partial charge on any atom is -0.0818 e. The smallest absolute Gasteiger partial charge is 0.0164 e. The van der Waals surface area contributed by atoms with Gasteiger partial charge in [-0.3, -0.25) is 0 Å². The third-order valence-electron chi connectivity index (χ3n) is 1.85. The summed E-state index contributed by atoms with van der Waals surface area (Å²) in [5.74, 6) is 0. The Morgan fingerprint density at radius 3 is 1.38 bits per heavy atom. The SMILES string of the molecule is CC.CC.CC1=CCC=C(C)CC1. The maximum atomic E-state index is 2.32. The van der Waals surface area contributed by atoms with E-state index in [2.05, 4.69) is 26.0 Å². The molecule has 0 spiro atoms. The zero-order valence-electron chi connectivity index (χ0n) is 10.3. The van der Waals surface area contributed by atoms with Crippen molar-refractivity contribution in [1.82, 2.24) is 0 Å². The minimum absolute atomic E-state index is 1.15. The first-order valence-corrected chi connectivity index (χ1v) is 5.60.